The molecule has 0 unspecified atom stereocenters. The SMILES string of the molecule is CSc1cc(-c2ccc(-c3cnc(NC4CC4)nn3)c(O)c2)c(F)nn1. The molecule has 0 aliphatic heterocycles. The first kappa shape index (κ1) is 16.6. The normalized spacial score (nSPS) is 13.6. The molecule has 3 aromatic rings. The molecule has 9 heteroatoms. The molecule has 1 saturated carbocycles. The number of hydrogen-bond acceptors (Lipinski definition) is 8. The Labute approximate surface area is 153 Å². The number of phenols is 1. The van der Waals surface area contributed by atoms with Gasteiger partial charge in [0.15, 0.2) is 0 Å². The third kappa shape index (κ3) is 3.43. The van der Waals surface area contributed by atoms with Gasteiger partial charge in [0.25, 0.3) is 0 Å². The van der Waals surface area contributed by atoms with Crippen LogP contribution < -0.4 is 5.32 Å². The maximum absolute atomic E-state index is 14.0. The van der Waals surface area contributed by atoms with E-state index < -0.39 is 5.95 Å². The van der Waals surface area contributed by atoms with Crippen molar-refractivity contribution in [1.82, 2.24) is 25.4 Å². The number of benzene rings is 1. The average Bonchev–Trinajstić information content (AvgIpc) is 3.47. The van der Waals surface area contributed by atoms with E-state index in [4.69, 9.17) is 0 Å². The molecule has 2 heterocycles. The van der Waals surface area contributed by atoms with Crippen LogP contribution >= 0.6 is 11.8 Å². The van der Waals surface area contributed by atoms with E-state index in [9.17, 15) is 9.50 Å². The lowest BCUT2D eigenvalue weighted by Gasteiger charge is -2.08. The molecule has 2 aromatic heterocycles. The number of aromatic hydroxyl groups is 1. The van der Waals surface area contributed by atoms with Crippen molar-refractivity contribution < 1.29 is 9.50 Å². The van der Waals surface area contributed by atoms with Crippen LogP contribution in [-0.4, -0.2) is 42.8 Å². The molecule has 1 fully saturated rings. The Morgan fingerprint density at radius 1 is 1.12 bits per heavy atom. The van der Waals surface area contributed by atoms with Gasteiger partial charge in [0.05, 0.1) is 6.20 Å². The molecule has 1 aliphatic carbocycles. The van der Waals surface area contributed by atoms with E-state index in [1.807, 2.05) is 6.26 Å². The third-order valence-electron chi connectivity index (χ3n) is 3.99. The van der Waals surface area contributed by atoms with Crippen LogP contribution in [0.3, 0.4) is 0 Å². The van der Waals surface area contributed by atoms with E-state index in [1.165, 1.54) is 17.8 Å². The molecule has 0 amide bonds. The van der Waals surface area contributed by atoms with E-state index >= 15 is 0 Å². The molecule has 2 N–H and O–H groups in total. The van der Waals surface area contributed by atoms with Crippen molar-refractivity contribution in [3.05, 3.63) is 36.4 Å². The molecule has 132 valence electrons. The number of aromatic nitrogens is 5. The first-order valence-corrected chi connectivity index (χ1v) is 9.24. The highest BCUT2D eigenvalue weighted by molar-refractivity contribution is 7.98. The summed E-state index contributed by atoms with van der Waals surface area (Å²) in [5, 5.41) is 29.5. The Morgan fingerprint density at radius 3 is 2.62 bits per heavy atom. The average molecular weight is 370 g/mol. The van der Waals surface area contributed by atoms with Gasteiger partial charge in [0.1, 0.15) is 16.5 Å². The van der Waals surface area contributed by atoms with Crippen molar-refractivity contribution in [2.45, 2.75) is 23.9 Å². The minimum Gasteiger partial charge on any atom is -0.507 e. The van der Waals surface area contributed by atoms with Gasteiger partial charge in [-0.3, -0.25) is 0 Å². The van der Waals surface area contributed by atoms with Crippen molar-refractivity contribution in [1.29, 1.82) is 0 Å². The van der Waals surface area contributed by atoms with Crippen LogP contribution in [0.5, 0.6) is 5.75 Å². The second kappa shape index (κ2) is 6.83. The minimum atomic E-state index is -0.688. The first-order chi connectivity index (χ1) is 12.6. The zero-order valence-electron chi connectivity index (χ0n) is 13.8. The lowest BCUT2D eigenvalue weighted by Crippen LogP contribution is -2.06. The number of phenolic OH excluding ortho intramolecular Hbond substituents is 1. The van der Waals surface area contributed by atoms with Crippen molar-refractivity contribution in [3.63, 3.8) is 0 Å². The topological polar surface area (TPSA) is 96.7 Å². The fourth-order valence-corrected chi connectivity index (χ4v) is 2.81. The van der Waals surface area contributed by atoms with Crippen LogP contribution in [0.2, 0.25) is 0 Å². The quantitative estimate of drug-likeness (QED) is 0.661. The molecular formula is C17H15FN6OS. The predicted molar refractivity (Wildman–Crippen MR) is 96.3 cm³/mol. The summed E-state index contributed by atoms with van der Waals surface area (Å²) < 4.78 is 14.0. The summed E-state index contributed by atoms with van der Waals surface area (Å²) in [5.41, 5.74) is 1.69. The van der Waals surface area contributed by atoms with Gasteiger partial charge in [-0.2, -0.15) is 4.39 Å². The summed E-state index contributed by atoms with van der Waals surface area (Å²) in [5.74, 6) is -0.253. The summed E-state index contributed by atoms with van der Waals surface area (Å²) in [7, 11) is 0. The van der Waals surface area contributed by atoms with Crippen molar-refractivity contribution in [2.75, 3.05) is 11.6 Å². The standard InChI is InChI=1S/C17H15FN6OS/c1-26-15-7-12(16(18)23-22-15)9-2-5-11(14(25)6-9)13-8-19-17(24-21-13)20-10-3-4-10/h2,5-8,10,25H,3-4H2,1H3,(H,19,20,24). The molecule has 1 aromatic carbocycles. The number of rotatable bonds is 5. The van der Waals surface area contributed by atoms with E-state index in [1.54, 1.807) is 24.4 Å². The van der Waals surface area contributed by atoms with Gasteiger partial charge < -0.3 is 10.4 Å². The van der Waals surface area contributed by atoms with Crippen molar-refractivity contribution in [2.24, 2.45) is 0 Å². The molecule has 1 aliphatic rings. The van der Waals surface area contributed by atoms with Gasteiger partial charge in [-0.1, -0.05) is 6.07 Å². The van der Waals surface area contributed by atoms with Gasteiger partial charge >= 0.3 is 0 Å². The van der Waals surface area contributed by atoms with Gasteiger partial charge in [-0.25, -0.2) is 4.98 Å². The molecule has 0 bridgehead atoms. The largest absolute Gasteiger partial charge is 0.507 e. The van der Waals surface area contributed by atoms with Crippen LogP contribution in [0.4, 0.5) is 10.3 Å². The Morgan fingerprint density at radius 2 is 1.96 bits per heavy atom. The smallest absolute Gasteiger partial charge is 0.242 e. The summed E-state index contributed by atoms with van der Waals surface area (Å²) in [6.07, 6.45) is 5.62. The molecule has 0 radical (unpaired) electrons. The maximum Gasteiger partial charge on any atom is 0.242 e. The highest BCUT2D eigenvalue weighted by Crippen LogP contribution is 2.33. The van der Waals surface area contributed by atoms with Gasteiger partial charge in [-0.05, 0) is 42.9 Å². The maximum atomic E-state index is 14.0. The lowest BCUT2D eigenvalue weighted by molar-refractivity contribution is 0.477. The second-order valence-corrected chi connectivity index (χ2v) is 6.74. The monoisotopic (exact) mass is 370 g/mol. The first-order valence-electron chi connectivity index (χ1n) is 8.01. The number of nitrogens with one attached hydrogen (secondary N) is 1. The number of nitrogens with zero attached hydrogens (tertiary/aromatic N) is 5. The zero-order valence-corrected chi connectivity index (χ0v) is 14.7. The summed E-state index contributed by atoms with van der Waals surface area (Å²) in [6.45, 7) is 0. The molecular weight excluding hydrogens is 355 g/mol. The van der Waals surface area contributed by atoms with Crippen LogP contribution in [0, 0.1) is 5.95 Å². The number of thioether (sulfide) groups is 1. The Kier molecular flexibility index (Phi) is 4.37. The zero-order chi connectivity index (χ0) is 18.1. The van der Waals surface area contributed by atoms with Crippen LogP contribution in [-0.2, 0) is 0 Å². The number of anilines is 1. The van der Waals surface area contributed by atoms with E-state index in [2.05, 4.69) is 30.7 Å². The summed E-state index contributed by atoms with van der Waals surface area (Å²) in [4.78, 5) is 4.22. The summed E-state index contributed by atoms with van der Waals surface area (Å²) >= 11 is 1.37. The van der Waals surface area contributed by atoms with E-state index in [-0.39, 0.29) is 11.3 Å². The highest BCUT2D eigenvalue weighted by Gasteiger charge is 2.22. The Hall–Kier alpha value is -2.81. The Balaban J connectivity index is 1.63. The molecule has 26 heavy (non-hydrogen) atoms. The van der Waals surface area contributed by atoms with Crippen LogP contribution in [0.15, 0.2) is 35.5 Å². The van der Waals surface area contributed by atoms with Gasteiger partial charge in [0, 0.05) is 17.2 Å². The fraction of sp³-hybridized carbons (Fsp3) is 0.235. The molecule has 0 atom stereocenters. The van der Waals surface area contributed by atoms with Gasteiger partial charge in [0.2, 0.25) is 11.9 Å². The minimum absolute atomic E-state index is 0.0385. The lowest BCUT2D eigenvalue weighted by atomic mass is 10.0. The molecule has 0 spiro atoms. The second-order valence-electron chi connectivity index (χ2n) is 5.91. The molecule has 4 rings (SSSR count). The Bertz CT molecular complexity index is 948. The van der Waals surface area contributed by atoms with Crippen molar-refractivity contribution >= 4 is 17.7 Å². The van der Waals surface area contributed by atoms with Crippen LogP contribution in [0.25, 0.3) is 22.4 Å². The van der Waals surface area contributed by atoms with Gasteiger partial charge in [-0.15, -0.1) is 32.2 Å². The van der Waals surface area contributed by atoms with E-state index in [0.29, 0.717) is 33.8 Å². The summed E-state index contributed by atoms with van der Waals surface area (Å²) in [6, 6.07) is 6.85. The molecule has 7 nitrogen and oxygen atoms in total. The molecule has 0 saturated heterocycles. The fourth-order valence-electron chi connectivity index (χ4n) is 2.45. The van der Waals surface area contributed by atoms with E-state index in [0.717, 1.165) is 12.8 Å². The highest BCUT2D eigenvalue weighted by atomic mass is 32.2. The number of halogens is 1. The third-order valence-corrected chi connectivity index (χ3v) is 4.61. The van der Waals surface area contributed by atoms with Crippen molar-refractivity contribution in [3.8, 4) is 28.1 Å². The van der Waals surface area contributed by atoms with Crippen LogP contribution in [0.1, 0.15) is 12.8 Å². The predicted octanol–water partition coefficient (Wildman–Crippen LogP) is 3.14. The number of hydrogen-bond donors (Lipinski definition) is 2.